The van der Waals surface area contributed by atoms with Crippen LogP contribution in [0.25, 0.3) is 0 Å². The number of amides is 1. The van der Waals surface area contributed by atoms with E-state index in [0.29, 0.717) is 12.2 Å². The van der Waals surface area contributed by atoms with E-state index >= 15 is 0 Å². The average Bonchev–Trinajstić information content (AvgIpc) is 2.66. The van der Waals surface area contributed by atoms with E-state index in [1.165, 1.54) is 0 Å². The fourth-order valence-electron chi connectivity index (χ4n) is 2.38. The summed E-state index contributed by atoms with van der Waals surface area (Å²) < 4.78 is 10.6. The SMILES string of the molecule is CCCNC(=O)c1cc(NCCc2ccc(OC)c(OC)c2)ccn1. The highest BCUT2D eigenvalue weighted by Crippen LogP contribution is 2.27. The standard InChI is InChI=1S/C19H25N3O3/c1-4-9-22-19(23)16-13-15(8-11-21-16)20-10-7-14-5-6-17(24-2)18(12-14)25-3/h5-6,8,11-13H,4,7,9-10H2,1-3H3,(H,20,21)(H,22,23). The molecule has 6 nitrogen and oxygen atoms in total. The molecular formula is C19H25N3O3. The number of rotatable bonds is 9. The second-order valence-corrected chi connectivity index (χ2v) is 5.55. The normalized spacial score (nSPS) is 10.2. The highest BCUT2D eigenvalue weighted by Gasteiger charge is 2.07. The van der Waals surface area contributed by atoms with Crippen molar-refractivity contribution in [1.29, 1.82) is 0 Å². The minimum Gasteiger partial charge on any atom is -0.493 e. The van der Waals surface area contributed by atoms with Crippen LogP contribution in [0.4, 0.5) is 5.69 Å². The van der Waals surface area contributed by atoms with Crippen molar-refractivity contribution >= 4 is 11.6 Å². The van der Waals surface area contributed by atoms with Gasteiger partial charge in [0.05, 0.1) is 14.2 Å². The van der Waals surface area contributed by atoms with Gasteiger partial charge in [-0.3, -0.25) is 9.78 Å². The van der Waals surface area contributed by atoms with Crippen LogP contribution in [0.2, 0.25) is 0 Å². The summed E-state index contributed by atoms with van der Waals surface area (Å²) in [4.78, 5) is 16.1. The van der Waals surface area contributed by atoms with Crippen LogP contribution in [0.15, 0.2) is 36.5 Å². The van der Waals surface area contributed by atoms with Crippen LogP contribution in [-0.4, -0.2) is 38.2 Å². The van der Waals surface area contributed by atoms with Gasteiger partial charge in [0.1, 0.15) is 5.69 Å². The van der Waals surface area contributed by atoms with Crippen molar-refractivity contribution in [3.8, 4) is 11.5 Å². The zero-order valence-electron chi connectivity index (χ0n) is 15.0. The molecule has 0 radical (unpaired) electrons. The van der Waals surface area contributed by atoms with E-state index in [2.05, 4.69) is 15.6 Å². The van der Waals surface area contributed by atoms with Crippen LogP contribution >= 0.6 is 0 Å². The summed E-state index contributed by atoms with van der Waals surface area (Å²) in [5, 5.41) is 6.14. The third kappa shape index (κ3) is 5.38. The van der Waals surface area contributed by atoms with Crippen molar-refractivity contribution in [2.24, 2.45) is 0 Å². The van der Waals surface area contributed by atoms with Crippen molar-refractivity contribution < 1.29 is 14.3 Å². The zero-order chi connectivity index (χ0) is 18.1. The van der Waals surface area contributed by atoms with Crippen molar-refractivity contribution in [2.75, 3.05) is 32.6 Å². The van der Waals surface area contributed by atoms with Crippen LogP contribution in [-0.2, 0) is 6.42 Å². The molecule has 1 aromatic carbocycles. The van der Waals surface area contributed by atoms with Gasteiger partial charge >= 0.3 is 0 Å². The van der Waals surface area contributed by atoms with E-state index in [9.17, 15) is 4.79 Å². The third-order valence-corrected chi connectivity index (χ3v) is 3.72. The van der Waals surface area contributed by atoms with Gasteiger partial charge in [0, 0.05) is 25.0 Å². The first kappa shape index (κ1) is 18.6. The van der Waals surface area contributed by atoms with Crippen molar-refractivity contribution in [3.05, 3.63) is 47.8 Å². The lowest BCUT2D eigenvalue weighted by molar-refractivity contribution is 0.0948. The third-order valence-electron chi connectivity index (χ3n) is 3.72. The fourth-order valence-corrected chi connectivity index (χ4v) is 2.38. The van der Waals surface area contributed by atoms with Gasteiger partial charge in [-0.2, -0.15) is 0 Å². The summed E-state index contributed by atoms with van der Waals surface area (Å²) in [5.74, 6) is 1.29. The molecule has 25 heavy (non-hydrogen) atoms. The van der Waals surface area contributed by atoms with Gasteiger partial charge in [-0.25, -0.2) is 0 Å². The number of hydrogen-bond donors (Lipinski definition) is 2. The summed E-state index contributed by atoms with van der Waals surface area (Å²) in [6.45, 7) is 3.40. The lowest BCUT2D eigenvalue weighted by Gasteiger charge is -2.11. The fraction of sp³-hybridized carbons (Fsp3) is 0.368. The summed E-state index contributed by atoms with van der Waals surface area (Å²) in [5.41, 5.74) is 2.43. The number of anilines is 1. The number of hydrogen-bond acceptors (Lipinski definition) is 5. The molecule has 1 amide bonds. The number of ether oxygens (including phenoxy) is 2. The molecule has 0 aliphatic carbocycles. The highest BCUT2D eigenvalue weighted by atomic mass is 16.5. The number of methoxy groups -OCH3 is 2. The molecule has 6 heteroatoms. The van der Waals surface area contributed by atoms with Crippen molar-refractivity contribution in [1.82, 2.24) is 10.3 Å². The Morgan fingerprint density at radius 3 is 2.60 bits per heavy atom. The summed E-state index contributed by atoms with van der Waals surface area (Å²) in [7, 11) is 3.25. The van der Waals surface area contributed by atoms with E-state index in [1.807, 2.05) is 31.2 Å². The molecule has 2 aromatic rings. The lowest BCUT2D eigenvalue weighted by atomic mass is 10.1. The summed E-state index contributed by atoms with van der Waals surface area (Å²) >= 11 is 0. The number of nitrogens with zero attached hydrogens (tertiary/aromatic N) is 1. The molecule has 0 unspecified atom stereocenters. The zero-order valence-corrected chi connectivity index (χ0v) is 15.0. The number of pyridine rings is 1. The molecule has 2 N–H and O–H groups in total. The summed E-state index contributed by atoms with van der Waals surface area (Å²) in [6, 6.07) is 9.50. The van der Waals surface area contributed by atoms with Crippen LogP contribution < -0.4 is 20.1 Å². The van der Waals surface area contributed by atoms with Gasteiger partial charge in [-0.1, -0.05) is 13.0 Å². The Labute approximate surface area is 148 Å². The number of benzene rings is 1. The number of carbonyl (C=O) groups is 1. The maximum atomic E-state index is 12.0. The largest absolute Gasteiger partial charge is 0.493 e. The van der Waals surface area contributed by atoms with Gasteiger partial charge < -0.3 is 20.1 Å². The van der Waals surface area contributed by atoms with Gasteiger partial charge in [0.15, 0.2) is 11.5 Å². The minimum absolute atomic E-state index is 0.148. The minimum atomic E-state index is -0.148. The topological polar surface area (TPSA) is 72.5 Å². The van der Waals surface area contributed by atoms with E-state index in [4.69, 9.17) is 9.47 Å². The molecule has 0 aliphatic heterocycles. The maximum Gasteiger partial charge on any atom is 0.269 e. The van der Waals surface area contributed by atoms with Crippen LogP contribution in [0, 0.1) is 0 Å². The molecule has 2 rings (SSSR count). The second-order valence-electron chi connectivity index (χ2n) is 5.55. The smallest absolute Gasteiger partial charge is 0.269 e. The Bertz CT molecular complexity index is 704. The molecule has 0 fully saturated rings. The molecule has 0 saturated heterocycles. The predicted octanol–water partition coefficient (Wildman–Crippen LogP) is 2.89. The molecule has 0 atom stereocenters. The van der Waals surface area contributed by atoms with Crippen LogP contribution in [0.3, 0.4) is 0 Å². The van der Waals surface area contributed by atoms with E-state index in [-0.39, 0.29) is 5.91 Å². The molecule has 0 spiro atoms. The first-order valence-corrected chi connectivity index (χ1v) is 8.37. The second kappa shape index (κ2) is 9.52. The first-order chi connectivity index (χ1) is 12.2. The Morgan fingerprint density at radius 1 is 1.08 bits per heavy atom. The molecule has 134 valence electrons. The first-order valence-electron chi connectivity index (χ1n) is 8.37. The van der Waals surface area contributed by atoms with E-state index < -0.39 is 0 Å². The molecule has 0 aliphatic rings. The van der Waals surface area contributed by atoms with Gasteiger partial charge in [0.25, 0.3) is 5.91 Å². The molecule has 0 bridgehead atoms. The molecule has 1 aromatic heterocycles. The maximum absolute atomic E-state index is 12.0. The Morgan fingerprint density at radius 2 is 1.88 bits per heavy atom. The number of nitrogens with one attached hydrogen (secondary N) is 2. The van der Waals surface area contributed by atoms with Gasteiger partial charge in [0.2, 0.25) is 0 Å². The van der Waals surface area contributed by atoms with Crippen molar-refractivity contribution in [3.63, 3.8) is 0 Å². The average molecular weight is 343 g/mol. The molecule has 0 saturated carbocycles. The quantitative estimate of drug-likeness (QED) is 0.732. The van der Waals surface area contributed by atoms with E-state index in [0.717, 1.165) is 42.1 Å². The van der Waals surface area contributed by atoms with Gasteiger partial charge in [-0.05, 0) is 42.7 Å². The Balaban J connectivity index is 1.92. The number of carbonyl (C=O) groups excluding carboxylic acids is 1. The summed E-state index contributed by atoms with van der Waals surface area (Å²) in [6.07, 6.45) is 3.36. The lowest BCUT2D eigenvalue weighted by Crippen LogP contribution is -2.25. The highest BCUT2D eigenvalue weighted by molar-refractivity contribution is 5.93. The molecule has 1 heterocycles. The number of aromatic nitrogens is 1. The van der Waals surface area contributed by atoms with Gasteiger partial charge in [-0.15, -0.1) is 0 Å². The van der Waals surface area contributed by atoms with Crippen LogP contribution in [0.5, 0.6) is 11.5 Å². The Hall–Kier alpha value is -2.76. The van der Waals surface area contributed by atoms with E-state index in [1.54, 1.807) is 26.5 Å². The Kier molecular flexibility index (Phi) is 7.07. The predicted molar refractivity (Wildman–Crippen MR) is 98.6 cm³/mol. The monoisotopic (exact) mass is 343 g/mol. The van der Waals surface area contributed by atoms with Crippen LogP contribution in [0.1, 0.15) is 29.4 Å². The molecular weight excluding hydrogens is 318 g/mol. The van der Waals surface area contributed by atoms with Crippen molar-refractivity contribution in [2.45, 2.75) is 19.8 Å².